The molecule has 0 fully saturated rings. The second-order valence-electron chi connectivity index (χ2n) is 3.16. The molecule has 0 saturated carbocycles. The summed E-state index contributed by atoms with van der Waals surface area (Å²) in [6.07, 6.45) is 6.59. The van der Waals surface area contributed by atoms with Crippen LogP contribution in [0.4, 0.5) is 5.69 Å². The molecule has 15 heavy (non-hydrogen) atoms. The molecule has 0 amide bonds. The van der Waals surface area contributed by atoms with E-state index in [1.807, 2.05) is 19.2 Å². The molecule has 0 atom stereocenters. The Labute approximate surface area is 90.2 Å². The van der Waals surface area contributed by atoms with Gasteiger partial charge in [-0.3, -0.25) is 0 Å². The highest BCUT2D eigenvalue weighted by molar-refractivity contribution is 5.59. The summed E-state index contributed by atoms with van der Waals surface area (Å²) in [6, 6.07) is 1.85. The van der Waals surface area contributed by atoms with Crippen molar-refractivity contribution in [3.05, 3.63) is 23.9 Å². The number of methoxy groups -OCH3 is 1. The summed E-state index contributed by atoms with van der Waals surface area (Å²) in [5.41, 5.74) is 7.20. The van der Waals surface area contributed by atoms with E-state index >= 15 is 0 Å². The summed E-state index contributed by atoms with van der Waals surface area (Å²) in [4.78, 5) is 4.08. The predicted molar refractivity (Wildman–Crippen MR) is 62.8 cm³/mol. The molecule has 4 nitrogen and oxygen atoms in total. The summed E-state index contributed by atoms with van der Waals surface area (Å²) in [5.74, 6) is 0.602. The Morgan fingerprint density at radius 3 is 3.07 bits per heavy atom. The van der Waals surface area contributed by atoms with Crippen molar-refractivity contribution in [2.45, 2.75) is 6.42 Å². The Hall–Kier alpha value is -1.55. The van der Waals surface area contributed by atoms with E-state index in [0.717, 1.165) is 18.5 Å². The number of hydrogen-bond donors (Lipinski definition) is 2. The van der Waals surface area contributed by atoms with Gasteiger partial charge in [-0.1, -0.05) is 12.2 Å². The normalized spacial score (nSPS) is 10.8. The van der Waals surface area contributed by atoms with Crippen molar-refractivity contribution in [2.24, 2.45) is 0 Å². The van der Waals surface area contributed by atoms with Crippen LogP contribution >= 0.6 is 0 Å². The molecule has 1 aromatic heterocycles. The van der Waals surface area contributed by atoms with Gasteiger partial charge in [-0.25, -0.2) is 4.98 Å². The highest BCUT2D eigenvalue weighted by Gasteiger charge is 2.00. The standard InChI is InChI=1S/C11H17N3O/c1-13-6-4-3-5-9-7-10(12)8-14-11(9)15-2/h3,5,7-8,13H,4,6,12H2,1-2H3. The Morgan fingerprint density at radius 2 is 2.40 bits per heavy atom. The Morgan fingerprint density at radius 1 is 1.60 bits per heavy atom. The van der Waals surface area contributed by atoms with Crippen molar-refractivity contribution < 1.29 is 4.74 Å². The number of hydrogen-bond acceptors (Lipinski definition) is 4. The largest absolute Gasteiger partial charge is 0.481 e. The van der Waals surface area contributed by atoms with Crippen molar-refractivity contribution in [1.29, 1.82) is 0 Å². The summed E-state index contributed by atoms with van der Waals surface area (Å²) in [7, 11) is 3.53. The van der Waals surface area contributed by atoms with Crippen LogP contribution in [0.15, 0.2) is 18.3 Å². The first-order valence-electron chi connectivity index (χ1n) is 4.88. The van der Waals surface area contributed by atoms with Crippen LogP contribution in [-0.2, 0) is 0 Å². The van der Waals surface area contributed by atoms with E-state index in [1.54, 1.807) is 13.3 Å². The van der Waals surface area contributed by atoms with Crippen LogP contribution < -0.4 is 15.8 Å². The lowest BCUT2D eigenvalue weighted by Gasteiger charge is -2.03. The molecule has 0 aliphatic carbocycles. The van der Waals surface area contributed by atoms with Crippen LogP contribution in [0.25, 0.3) is 6.08 Å². The summed E-state index contributed by atoms with van der Waals surface area (Å²) in [6.45, 7) is 0.953. The van der Waals surface area contributed by atoms with Crippen LogP contribution in [0.1, 0.15) is 12.0 Å². The molecule has 4 heteroatoms. The van der Waals surface area contributed by atoms with Crippen molar-refractivity contribution in [1.82, 2.24) is 10.3 Å². The van der Waals surface area contributed by atoms with Crippen LogP contribution in [0.3, 0.4) is 0 Å². The van der Waals surface area contributed by atoms with Crippen molar-refractivity contribution >= 4 is 11.8 Å². The number of rotatable bonds is 5. The number of aromatic nitrogens is 1. The molecule has 0 bridgehead atoms. The van der Waals surface area contributed by atoms with Crippen LogP contribution in [0.5, 0.6) is 5.88 Å². The summed E-state index contributed by atoms with van der Waals surface area (Å²) >= 11 is 0. The number of anilines is 1. The van der Waals surface area contributed by atoms with E-state index in [4.69, 9.17) is 10.5 Å². The molecule has 0 aromatic carbocycles. The molecule has 1 heterocycles. The molecule has 0 radical (unpaired) electrons. The minimum Gasteiger partial charge on any atom is -0.481 e. The minimum atomic E-state index is 0.602. The number of ether oxygens (including phenoxy) is 1. The fourth-order valence-electron chi connectivity index (χ4n) is 1.21. The zero-order valence-corrected chi connectivity index (χ0v) is 9.16. The van der Waals surface area contributed by atoms with E-state index in [0.29, 0.717) is 11.6 Å². The fraction of sp³-hybridized carbons (Fsp3) is 0.364. The number of pyridine rings is 1. The van der Waals surface area contributed by atoms with E-state index in [-0.39, 0.29) is 0 Å². The smallest absolute Gasteiger partial charge is 0.220 e. The number of nitrogen functional groups attached to an aromatic ring is 1. The molecule has 82 valence electrons. The maximum atomic E-state index is 5.65. The van der Waals surface area contributed by atoms with Crippen molar-refractivity contribution in [3.63, 3.8) is 0 Å². The van der Waals surface area contributed by atoms with Crippen molar-refractivity contribution in [3.8, 4) is 5.88 Å². The van der Waals surface area contributed by atoms with Gasteiger partial charge in [0.25, 0.3) is 0 Å². The third-order valence-corrected chi connectivity index (χ3v) is 1.95. The van der Waals surface area contributed by atoms with Crippen LogP contribution in [0.2, 0.25) is 0 Å². The quantitative estimate of drug-likeness (QED) is 0.714. The molecule has 0 aliphatic heterocycles. The molecule has 0 spiro atoms. The van der Waals surface area contributed by atoms with Crippen LogP contribution in [0, 0.1) is 0 Å². The molecule has 3 N–H and O–H groups in total. The van der Waals surface area contributed by atoms with E-state index in [2.05, 4.69) is 16.4 Å². The first kappa shape index (κ1) is 11.5. The number of nitrogens with one attached hydrogen (secondary N) is 1. The fourth-order valence-corrected chi connectivity index (χ4v) is 1.21. The second kappa shape index (κ2) is 6.03. The van der Waals surface area contributed by atoms with Gasteiger partial charge in [0.1, 0.15) is 0 Å². The van der Waals surface area contributed by atoms with Gasteiger partial charge in [-0.05, 0) is 26.1 Å². The lowest BCUT2D eigenvalue weighted by Crippen LogP contribution is -2.05. The molecule has 0 aliphatic rings. The molecule has 1 rings (SSSR count). The number of nitrogens with zero attached hydrogens (tertiary/aromatic N) is 1. The minimum absolute atomic E-state index is 0.602. The molecule has 0 unspecified atom stereocenters. The Balaban J connectivity index is 2.73. The topological polar surface area (TPSA) is 60.2 Å². The first-order valence-corrected chi connectivity index (χ1v) is 4.88. The van der Waals surface area contributed by atoms with Crippen molar-refractivity contribution in [2.75, 3.05) is 26.4 Å². The lowest BCUT2D eigenvalue weighted by atomic mass is 10.2. The van der Waals surface area contributed by atoms with Gasteiger partial charge in [-0.2, -0.15) is 0 Å². The molecule has 0 saturated heterocycles. The van der Waals surface area contributed by atoms with Gasteiger partial charge in [0, 0.05) is 5.56 Å². The SMILES string of the molecule is CNCCC=Cc1cc(N)cnc1OC. The van der Waals surface area contributed by atoms with Gasteiger partial charge >= 0.3 is 0 Å². The average Bonchev–Trinajstić information content (AvgIpc) is 2.25. The zero-order valence-electron chi connectivity index (χ0n) is 9.16. The third-order valence-electron chi connectivity index (χ3n) is 1.95. The summed E-state index contributed by atoms with van der Waals surface area (Å²) < 4.78 is 5.12. The van der Waals surface area contributed by atoms with Gasteiger partial charge in [0.2, 0.25) is 5.88 Å². The van der Waals surface area contributed by atoms with E-state index < -0.39 is 0 Å². The average molecular weight is 207 g/mol. The predicted octanol–water partition coefficient (Wildman–Crippen LogP) is 1.30. The summed E-state index contributed by atoms with van der Waals surface area (Å²) in [5, 5.41) is 3.07. The highest BCUT2D eigenvalue weighted by atomic mass is 16.5. The van der Waals surface area contributed by atoms with Gasteiger partial charge in [-0.15, -0.1) is 0 Å². The van der Waals surface area contributed by atoms with Gasteiger partial charge < -0.3 is 15.8 Å². The van der Waals surface area contributed by atoms with Crippen LogP contribution in [-0.4, -0.2) is 25.7 Å². The molecule has 1 aromatic rings. The maximum absolute atomic E-state index is 5.65. The number of nitrogens with two attached hydrogens (primary N) is 1. The molecular formula is C11H17N3O. The monoisotopic (exact) mass is 207 g/mol. The highest BCUT2D eigenvalue weighted by Crippen LogP contribution is 2.18. The molecular weight excluding hydrogens is 190 g/mol. The van der Waals surface area contributed by atoms with E-state index in [1.165, 1.54) is 0 Å². The Kier molecular flexibility index (Phi) is 4.63. The van der Waals surface area contributed by atoms with E-state index in [9.17, 15) is 0 Å². The Bertz CT molecular complexity index is 337. The lowest BCUT2D eigenvalue weighted by molar-refractivity contribution is 0.397. The third kappa shape index (κ3) is 3.59. The van der Waals surface area contributed by atoms with Gasteiger partial charge in [0.15, 0.2) is 0 Å². The first-order chi connectivity index (χ1) is 7.27. The van der Waals surface area contributed by atoms with Gasteiger partial charge in [0.05, 0.1) is 19.0 Å². The second-order valence-corrected chi connectivity index (χ2v) is 3.16. The zero-order chi connectivity index (χ0) is 11.1. The maximum Gasteiger partial charge on any atom is 0.220 e.